The van der Waals surface area contributed by atoms with Gasteiger partial charge in [0.25, 0.3) is 0 Å². The van der Waals surface area contributed by atoms with Crippen LogP contribution in [0.25, 0.3) is 0 Å². The first-order valence-corrected chi connectivity index (χ1v) is 7.83. The Morgan fingerprint density at radius 2 is 0.818 bits per heavy atom. The van der Waals surface area contributed by atoms with Crippen molar-refractivity contribution in [2.24, 2.45) is 0 Å². The molecule has 0 aliphatic carbocycles. The summed E-state index contributed by atoms with van der Waals surface area (Å²) in [4.78, 5) is 0. The van der Waals surface area contributed by atoms with E-state index in [2.05, 4.69) is 93.6 Å². The highest BCUT2D eigenvalue weighted by Gasteiger charge is 2.21. The third-order valence-electron chi connectivity index (χ3n) is 4.13. The van der Waals surface area contributed by atoms with E-state index in [1.807, 2.05) is 0 Å². The van der Waals surface area contributed by atoms with Crippen molar-refractivity contribution in [1.82, 2.24) is 0 Å². The van der Waals surface area contributed by atoms with Crippen LogP contribution in [-0.4, -0.2) is 6.71 Å². The molecule has 3 aromatic carbocycles. The molecular formula is C21H21B. The van der Waals surface area contributed by atoms with E-state index >= 15 is 0 Å². The molecule has 0 amide bonds. The molecule has 3 aromatic rings. The molecule has 0 heterocycles. The van der Waals surface area contributed by atoms with Gasteiger partial charge in [0, 0.05) is 0 Å². The van der Waals surface area contributed by atoms with Crippen LogP contribution in [0.1, 0.15) is 16.7 Å². The Balaban J connectivity index is 2.18. The lowest BCUT2D eigenvalue weighted by atomic mass is 9.36. The molecule has 0 atom stereocenters. The van der Waals surface area contributed by atoms with E-state index in [0.29, 0.717) is 6.71 Å². The highest BCUT2D eigenvalue weighted by Crippen LogP contribution is 2.02. The molecule has 0 aliphatic rings. The van der Waals surface area contributed by atoms with Crippen LogP contribution < -0.4 is 16.4 Å². The first-order chi connectivity index (χ1) is 10.6. The van der Waals surface area contributed by atoms with E-state index in [9.17, 15) is 0 Å². The van der Waals surface area contributed by atoms with Crippen LogP contribution in [0.4, 0.5) is 0 Å². The van der Waals surface area contributed by atoms with Crippen molar-refractivity contribution in [2.45, 2.75) is 20.8 Å². The highest BCUT2D eigenvalue weighted by atomic mass is 14.0. The average molecular weight is 284 g/mol. The lowest BCUT2D eigenvalue weighted by Crippen LogP contribution is -2.52. The molecule has 0 radical (unpaired) electrons. The maximum absolute atomic E-state index is 2.30. The molecule has 0 aromatic heterocycles. The number of rotatable bonds is 3. The second kappa shape index (κ2) is 6.23. The summed E-state index contributed by atoms with van der Waals surface area (Å²) >= 11 is 0. The number of hydrogen-bond donors (Lipinski definition) is 0. The first-order valence-electron chi connectivity index (χ1n) is 7.83. The van der Waals surface area contributed by atoms with Gasteiger partial charge in [-0.1, -0.05) is 106 Å². The molecule has 22 heavy (non-hydrogen) atoms. The van der Waals surface area contributed by atoms with Crippen molar-refractivity contribution in [2.75, 3.05) is 0 Å². The molecule has 108 valence electrons. The fraction of sp³-hybridized carbons (Fsp3) is 0.143. The van der Waals surface area contributed by atoms with Gasteiger partial charge in [-0.3, -0.25) is 0 Å². The van der Waals surface area contributed by atoms with Gasteiger partial charge in [-0.2, -0.15) is 0 Å². The topological polar surface area (TPSA) is 0 Å². The molecule has 0 saturated carbocycles. The summed E-state index contributed by atoms with van der Waals surface area (Å²) in [5.41, 5.74) is 8.00. The van der Waals surface area contributed by atoms with Crippen molar-refractivity contribution < 1.29 is 0 Å². The van der Waals surface area contributed by atoms with Crippen molar-refractivity contribution in [1.29, 1.82) is 0 Å². The van der Waals surface area contributed by atoms with Crippen LogP contribution in [0, 0.1) is 20.8 Å². The zero-order chi connectivity index (χ0) is 15.5. The Morgan fingerprint density at radius 3 is 1.09 bits per heavy atom. The molecule has 0 nitrogen and oxygen atoms in total. The molecular weight excluding hydrogens is 263 g/mol. The zero-order valence-electron chi connectivity index (χ0n) is 13.5. The molecule has 0 saturated heterocycles. The van der Waals surface area contributed by atoms with Crippen LogP contribution in [0.3, 0.4) is 0 Å². The number of benzene rings is 3. The van der Waals surface area contributed by atoms with Gasteiger partial charge < -0.3 is 0 Å². The lowest BCUT2D eigenvalue weighted by Gasteiger charge is -2.17. The predicted octanol–water partition coefficient (Wildman–Crippen LogP) is 3.13. The summed E-state index contributed by atoms with van der Waals surface area (Å²) in [7, 11) is 0. The summed E-state index contributed by atoms with van der Waals surface area (Å²) in [6.45, 7) is 6.77. The minimum Gasteiger partial charge on any atom is -0.0684 e. The van der Waals surface area contributed by atoms with E-state index in [1.54, 1.807) is 0 Å². The molecule has 1 heteroatoms. The van der Waals surface area contributed by atoms with Gasteiger partial charge in [-0.25, -0.2) is 0 Å². The summed E-state index contributed by atoms with van der Waals surface area (Å²) in [6.07, 6.45) is 0. The van der Waals surface area contributed by atoms with Crippen molar-refractivity contribution in [3.8, 4) is 0 Å². The van der Waals surface area contributed by atoms with Gasteiger partial charge in [-0.15, -0.1) is 0 Å². The Labute approximate surface area is 133 Å². The van der Waals surface area contributed by atoms with E-state index in [-0.39, 0.29) is 0 Å². The monoisotopic (exact) mass is 284 g/mol. The van der Waals surface area contributed by atoms with Crippen molar-refractivity contribution in [3.63, 3.8) is 0 Å². The number of hydrogen-bond acceptors (Lipinski definition) is 0. The third-order valence-corrected chi connectivity index (χ3v) is 4.13. The minimum absolute atomic E-state index is 0.291. The second-order valence-electron chi connectivity index (χ2n) is 6.18. The molecule has 0 unspecified atom stereocenters. The van der Waals surface area contributed by atoms with E-state index in [4.69, 9.17) is 0 Å². The third kappa shape index (κ3) is 3.14. The van der Waals surface area contributed by atoms with Crippen molar-refractivity contribution in [3.05, 3.63) is 89.5 Å². The van der Waals surface area contributed by atoms with Gasteiger partial charge in [0.2, 0.25) is 6.71 Å². The fourth-order valence-corrected chi connectivity index (χ4v) is 3.13. The average Bonchev–Trinajstić information content (AvgIpc) is 2.48. The van der Waals surface area contributed by atoms with Crippen LogP contribution in [0.15, 0.2) is 72.8 Å². The largest absolute Gasteiger partial charge is 0.241 e. The maximum Gasteiger partial charge on any atom is 0.241 e. The maximum atomic E-state index is 2.30. The molecule has 3 rings (SSSR count). The van der Waals surface area contributed by atoms with Crippen molar-refractivity contribution >= 4 is 23.1 Å². The first kappa shape index (κ1) is 14.7. The quantitative estimate of drug-likeness (QED) is 0.648. The Kier molecular flexibility index (Phi) is 4.15. The summed E-state index contributed by atoms with van der Waals surface area (Å²) in [5, 5.41) is 0. The van der Waals surface area contributed by atoms with Gasteiger partial charge in [0.05, 0.1) is 0 Å². The summed E-state index contributed by atoms with van der Waals surface area (Å²) in [5.74, 6) is 0. The molecule has 0 bridgehead atoms. The Hall–Kier alpha value is -2.28. The Morgan fingerprint density at radius 1 is 0.500 bits per heavy atom. The zero-order valence-corrected chi connectivity index (χ0v) is 13.5. The van der Waals surface area contributed by atoms with E-state index < -0.39 is 0 Å². The highest BCUT2D eigenvalue weighted by molar-refractivity contribution is 6.95. The van der Waals surface area contributed by atoms with Crippen LogP contribution in [-0.2, 0) is 0 Å². The SMILES string of the molecule is Cc1cccc(B(c2cccc(C)c2)c2cccc(C)c2)c1. The molecule has 0 fully saturated rings. The van der Waals surface area contributed by atoms with Crippen LogP contribution in [0.5, 0.6) is 0 Å². The van der Waals surface area contributed by atoms with Gasteiger partial charge in [-0.05, 0) is 20.8 Å². The fourth-order valence-electron chi connectivity index (χ4n) is 3.13. The molecule has 0 spiro atoms. The normalized spacial score (nSPS) is 10.5. The molecule has 0 N–H and O–H groups in total. The summed E-state index contributed by atoms with van der Waals surface area (Å²) in [6, 6.07) is 26.6. The standard InChI is InChI=1S/C21H21B/c1-16-7-4-10-19(13-16)22(20-11-5-8-17(2)14-20)21-12-6-9-18(3)15-21/h4-15H,1-3H3. The lowest BCUT2D eigenvalue weighted by molar-refractivity contribution is 1.48. The smallest absolute Gasteiger partial charge is 0.0684 e. The van der Waals surface area contributed by atoms with Gasteiger partial charge in [0.1, 0.15) is 0 Å². The van der Waals surface area contributed by atoms with Gasteiger partial charge >= 0.3 is 0 Å². The second-order valence-corrected chi connectivity index (χ2v) is 6.18. The van der Waals surface area contributed by atoms with E-state index in [0.717, 1.165) is 0 Å². The summed E-state index contributed by atoms with van der Waals surface area (Å²) < 4.78 is 0. The predicted molar refractivity (Wildman–Crippen MR) is 98.2 cm³/mol. The van der Waals surface area contributed by atoms with Gasteiger partial charge in [0.15, 0.2) is 0 Å². The number of aryl methyl sites for hydroxylation is 3. The molecule has 0 aliphatic heterocycles. The van der Waals surface area contributed by atoms with Crippen LogP contribution >= 0.6 is 0 Å². The van der Waals surface area contributed by atoms with Crippen LogP contribution in [0.2, 0.25) is 0 Å². The Bertz CT molecular complexity index is 681. The van der Waals surface area contributed by atoms with E-state index in [1.165, 1.54) is 33.1 Å². The minimum atomic E-state index is 0.291.